The van der Waals surface area contributed by atoms with Crippen molar-refractivity contribution in [3.05, 3.63) is 59.7 Å². The van der Waals surface area contributed by atoms with Gasteiger partial charge < -0.3 is 9.88 Å². The molecule has 6 rings (SSSR count). The van der Waals surface area contributed by atoms with Gasteiger partial charge >= 0.3 is 0 Å². The summed E-state index contributed by atoms with van der Waals surface area (Å²) in [4.78, 5) is 19.7. The van der Waals surface area contributed by atoms with Gasteiger partial charge in [0.25, 0.3) is 0 Å². The Labute approximate surface area is 212 Å². The molecule has 5 heterocycles. The third-order valence-electron chi connectivity index (χ3n) is 6.86. The van der Waals surface area contributed by atoms with Crippen LogP contribution in [0.4, 0.5) is 20.5 Å². The minimum Gasteiger partial charge on any atom is -0.326 e. The molecule has 2 fully saturated rings. The molecule has 0 amide bonds. The summed E-state index contributed by atoms with van der Waals surface area (Å²) in [6.45, 7) is 9.04. The zero-order valence-corrected chi connectivity index (χ0v) is 21.2. The van der Waals surface area contributed by atoms with Crippen LogP contribution in [-0.2, 0) is 6.54 Å². The molecule has 10 heteroatoms. The van der Waals surface area contributed by atoms with E-state index in [9.17, 15) is 8.78 Å². The molecule has 2 aliphatic heterocycles. The number of anilines is 2. The number of benzene rings is 1. The molecule has 0 aliphatic carbocycles. The topological polar surface area (TPSA) is 71.8 Å². The number of halogens is 2. The zero-order chi connectivity index (χ0) is 25.0. The quantitative estimate of drug-likeness (QED) is 0.377. The van der Waals surface area contributed by atoms with Crippen LogP contribution in [0.2, 0.25) is 0 Å². The number of imidazole rings is 1. The second kappa shape index (κ2) is 8.77. The van der Waals surface area contributed by atoms with Crippen molar-refractivity contribution >= 4 is 34.6 Å². The largest absolute Gasteiger partial charge is 0.326 e. The summed E-state index contributed by atoms with van der Waals surface area (Å²) in [5, 5.41) is 3.04. The molecule has 1 aromatic carbocycles. The molecule has 7 nitrogen and oxygen atoms in total. The number of hydrogen-bond acceptors (Lipinski definition) is 7. The van der Waals surface area contributed by atoms with Crippen molar-refractivity contribution in [3.8, 4) is 11.3 Å². The number of fused-ring (bicyclic) bond motifs is 1. The van der Waals surface area contributed by atoms with Gasteiger partial charge in [-0.1, -0.05) is 6.07 Å². The van der Waals surface area contributed by atoms with E-state index in [1.54, 1.807) is 6.07 Å². The van der Waals surface area contributed by atoms with Gasteiger partial charge in [0.1, 0.15) is 22.9 Å². The van der Waals surface area contributed by atoms with Crippen LogP contribution in [0.3, 0.4) is 0 Å². The van der Waals surface area contributed by atoms with Gasteiger partial charge in [-0.05, 0) is 44.5 Å². The maximum absolute atomic E-state index is 14.9. The summed E-state index contributed by atoms with van der Waals surface area (Å²) in [5.41, 5.74) is 2.92. The standard InChI is InChI=1S/C26H27F2N7S/c1-15(2)35-16(3)31-24-19(27)6-18(7-21(24)35)23-20(28)9-30-25(33-23)32-22-5-4-17(8-29-22)10-34-11-26(12-34)13-36-14-26/h4-9,15H,10-14H2,1-3H3,(H,29,30,32,33). The molecule has 0 unspecified atom stereocenters. The van der Waals surface area contributed by atoms with Gasteiger partial charge in [0.15, 0.2) is 11.6 Å². The third kappa shape index (κ3) is 4.12. The summed E-state index contributed by atoms with van der Waals surface area (Å²) in [6.07, 6.45) is 2.93. The molecule has 36 heavy (non-hydrogen) atoms. The molecule has 0 atom stereocenters. The Balaban J connectivity index is 1.22. The first-order chi connectivity index (χ1) is 17.3. The van der Waals surface area contributed by atoms with E-state index < -0.39 is 11.6 Å². The fourth-order valence-corrected chi connectivity index (χ4v) is 6.39. The Bertz CT molecular complexity index is 1440. The SMILES string of the molecule is Cc1nc2c(F)cc(-c3nc(Nc4ccc(CN5CC6(CSC6)C5)cn4)ncc3F)cc2n1C(C)C. The van der Waals surface area contributed by atoms with E-state index in [1.165, 1.54) is 17.6 Å². The van der Waals surface area contributed by atoms with Crippen LogP contribution in [0.15, 0.2) is 36.7 Å². The van der Waals surface area contributed by atoms with Gasteiger partial charge in [-0.2, -0.15) is 11.8 Å². The number of likely N-dealkylation sites (tertiary alicyclic amines) is 1. The molecule has 2 aliphatic rings. The summed E-state index contributed by atoms with van der Waals surface area (Å²) in [7, 11) is 0. The van der Waals surface area contributed by atoms with Crippen molar-refractivity contribution in [3.63, 3.8) is 0 Å². The number of pyridine rings is 1. The van der Waals surface area contributed by atoms with Crippen molar-refractivity contribution in [1.29, 1.82) is 0 Å². The van der Waals surface area contributed by atoms with Gasteiger partial charge in [0.2, 0.25) is 5.95 Å². The average molecular weight is 508 g/mol. The number of hydrogen-bond donors (Lipinski definition) is 1. The fourth-order valence-electron chi connectivity index (χ4n) is 5.24. The fraction of sp³-hybridized carbons (Fsp3) is 0.385. The van der Waals surface area contributed by atoms with Gasteiger partial charge in [-0.15, -0.1) is 0 Å². The second-order valence-electron chi connectivity index (χ2n) is 10.2. The van der Waals surface area contributed by atoms with Crippen LogP contribution in [-0.4, -0.2) is 54.0 Å². The van der Waals surface area contributed by atoms with Crippen molar-refractivity contribution in [2.24, 2.45) is 5.41 Å². The predicted molar refractivity (Wildman–Crippen MR) is 138 cm³/mol. The van der Waals surface area contributed by atoms with E-state index in [4.69, 9.17) is 0 Å². The highest BCUT2D eigenvalue weighted by molar-refractivity contribution is 8.00. The van der Waals surface area contributed by atoms with E-state index in [0.29, 0.717) is 28.1 Å². The van der Waals surface area contributed by atoms with Gasteiger partial charge in [-0.3, -0.25) is 4.90 Å². The van der Waals surface area contributed by atoms with Gasteiger partial charge in [-0.25, -0.2) is 28.7 Å². The normalized spacial score (nSPS) is 16.9. The molecule has 1 N–H and O–H groups in total. The number of rotatable bonds is 6. The highest BCUT2D eigenvalue weighted by Crippen LogP contribution is 2.45. The highest BCUT2D eigenvalue weighted by atomic mass is 32.2. The smallest absolute Gasteiger partial charge is 0.229 e. The number of nitrogens with one attached hydrogen (secondary N) is 1. The minimum atomic E-state index is -0.632. The predicted octanol–water partition coefficient (Wildman–Crippen LogP) is 5.35. The molecule has 4 aromatic rings. The molecular weight excluding hydrogens is 480 g/mol. The van der Waals surface area contributed by atoms with Crippen LogP contribution in [0.1, 0.15) is 31.3 Å². The molecule has 1 spiro atoms. The Kier molecular flexibility index (Phi) is 5.68. The van der Waals surface area contributed by atoms with Crippen LogP contribution >= 0.6 is 11.8 Å². The van der Waals surface area contributed by atoms with E-state index in [2.05, 4.69) is 30.2 Å². The van der Waals surface area contributed by atoms with Gasteiger partial charge in [0, 0.05) is 54.4 Å². The monoisotopic (exact) mass is 507 g/mol. The van der Waals surface area contributed by atoms with E-state index >= 15 is 0 Å². The molecule has 0 saturated carbocycles. The lowest BCUT2D eigenvalue weighted by atomic mass is 9.82. The molecule has 3 aromatic heterocycles. The number of nitrogens with zero attached hydrogens (tertiary/aromatic N) is 6. The molecule has 186 valence electrons. The Hall–Kier alpha value is -3.11. The van der Waals surface area contributed by atoms with Gasteiger partial charge in [0.05, 0.1) is 11.7 Å². The molecule has 0 radical (unpaired) electrons. The molecular formula is C26H27F2N7S. The van der Waals surface area contributed by atoms with Crippen molar-refractivity contribution < 1.29 is 8.78 Å². The maximum atomic E-state index is 14.9. The van der Waals surface area contributed by atoms with E-state index in [0.717, 1.165) is 31.4 Å². The lowest BCUT2D eigenvalue weighted by Gasteiger charge is -2.55. The molecule has 2 saturated heterocycles. The summed E-state index contributed by atoms with van der Waals surface area (Å²) in [6, 6.07) is 6.96. The van der Waals surface area contributed by atoms with Crippen LogP contribution in [0, 0.1) is 24.0 Å². The Morgan fingerprint density at radius 1 is 1.06 bits per heavy atom. The Morgan fingerprint density at radius 3 is 2.53 bits per heavy atom. The number of aromatic nitrogens is 5. The van der Waals surface area contributed by atoms with Crippen molar-refractivity contribution in [2.45, 2.75) is 33.4 Å². The Morgan fingerprint density at radius 2 is 1.86 bits per heavy atom. The first-order valence-corrected chi connectivity index (χ1v) is 13.2. The van der Waals surface area contributed by atoms with Crippen LogP contribution in [0.5, 0.6) is 0 Å². The first kappa shape index (κ1) is 23.3. The lowest BCUT2D eigenvalue weighted by molar-refractivity contribution is 0.0231. The maximum Gasteiger partial charge on any atom is 0.229 e. The van der Waals surface area contributed by atoms with E-state index in [-0.39, 0.29) is 23.2 Å². The zero-order valence-electron chi connectivity index (χ0n) is 20.4. The average Bonchev–Trinajstić information content (AvgIpc) is 3.13. The summed E-state index contributed by atoms with van der Waals surface area (Å²) < 4.78 is 31.6. The van der Waals surface area contributed by atoms with Crippen molar-refractivity contribution in [1.82, 2.24) is 29.4 Å². The first-order valence-electron chi connectivity index (χ1n) is 12.0. The lowest BCUT2D eigenvalue weighted by Crippen LogP contribution is -2.62. The highest BCUT2D eigenvalue weighted by Gasteiger charge is 2.47. The second-order valence-corrected chi connectivity index (χ2v) is 11.1. The number of aryl methyl sites for hydroxylation is 1. The van der Waals surface area contributed by atoms with E-state index in [1.807, 2.05) is 55.4 Å². The molecule has 0 bridgehead atoms. The number of thioether (sulfide) groups is 1. The summed E-state index contributed by atoms with van der Waals surface area (Å²) in [5.74, 6) is 2.87. The van der Waals surface area contributed by atoms with Crippen LogP contribution < -0.4 is 5.32 Å². The summed E-state index contributed by atoms with van der Waals surface area (Å²) >= 11 is 2.03. The minimum absolute atomic E-state index is 0.0138. The van der Waals surface area contributed by atoms with Crippen LogP contribution in [0.25, 0.3) is 22.3 Å². The van der Waals surface area contributed by atoms with Crippen molar-refractivity contribution in [2.75, 3.05) is 29.9 Å². The third-order valence-corrected chi connectivity index (χ3v) is 8.50.